The minimum Gasteiger partial charge on any atom is -0.497 e. The first-order valence-corrected chi connectivity index (χ1v) is 6.62. The van der Waals surface area contributed by atoms with Gasteiger partial charge in [-0.05, 0) is 25.5 Å². The van der Waals surface area contributed by atoms with Gasteiger partial charge >= 0.3 is 0 Å². The lowest BCUT2D eigenvalue weighted by Gasteiger charge is -2.29. The van der Waals surface area contributed by atoms with Gasteiger partial charge in [-0.3, -0.25) is 0 Å². The zero-order chi connectivity index (χ0) is 13.7. The summed E-state index contributed by atoms with van der Waals surface area (Å²) >= 11 is 5.11. The van der Waals surface area contributed by atoms with Crippen LogP contribution in [-0.4, -0.2) is 25.2 Å². The van der Waals surface area contributed by atoms with Gasteiger partial charge in [0, 0.05) is 24.7 Å². The fraction of sp³-hybridized carbons (Fsp3) is 0.500. The van der Waals surface area contributed by atoms with Gasteiger partial charge in [-0.1, -0.05) is 25.6 Å². The zero-order valence-corrected chi connectivity index (χ0v) is 12.4. The number of anilines is 1. The van der Waals surface area contributed by atoms with Crippen molar-refractivity contribution in [2.75, 3.05) is 19.1 Å². The topological polar surface area (TPSA) is 38.5 Å². The van der Waals surface area contributed by atoms with Gasteiger partial charge in [-0.25, -0.2) is 0 Å². The van der Waals surface area contributed by atoms with E-state index in [4.69, 9.17) is 22.7 Å². The van der Waals surface area contributed by atoms with Crippen LogP contribution in [0.15, 0.2) is 18.2 Å². The van der Waals surface area contributed by atoms with Crippen LogP contribution >= 0.6 is 12.2 Å². The van der Waals surface area contributed by atoms with Gasteiger partial charge in [-0.2, -0.15) is 0 Å². The molecule has 1 aromatic carbocycles. The van der Waals surface area contributed by atoms with E-state index in [1.54, 1.807) is 7.11 Å². The molecule has 0 fully saturated rings. The molecule has 0 aliphatic heterocycles. The van der Waals surface area contributed by atoms with E-state index in [1.807, 2.05) is 18.2 Å². The van der Waals surface area contributed by atoms with Gasteiger partial charge in [0.05, 0.1) is 12.8 Å². The number of methoxy groups -OCH3 is 1. The van der Waals surface area contributed by atoms with Crippen molar-refractivity contribution in [3.8, 4) is 5.75 Å². The number of ether oxygens (including phenoxy) is 1. The molecule has 0 aromatic heterocycles. The Hall–Kier alpha value is -1.29. The molecular formula is C14H22N2OS. The van der Waals surface area contributed by atoms with Crippen LogP contribution in [0.25, 0.3) is 0 Å². The lowest BCUT2D eigenvalue weighted by Crippen LogP contribution is -2.30. The van der Waals surface area contributed by atoms with Gasteiger partial charge in [-0.15, -0.1) is 0 Å². The summed E-state index contributed by atoms with van der Waals surface area (Å²) in [6.07, 6.45) is 2.28. The van der Waals surface area contributed by atoms with Crippen molar-refractivity contribution in [2.24, 2.45) is 5.73 Å². The molecule has 0 saturated carbocycles. The van der Waals surface area contributed by atoms with Crippen molar-refractivity contribution in [1.82, 2.24) is 0 Å². The van der Waals surface area contributed by atoms with Crippen molar-refractivity contribution in [1.29, 1.82) is 0 Å². The molecule has 0 amide bonds. The van der Waals surface area contributed by atoms with Crippen LogP contribution in [0.4, 0.5) is 5.69 Å². The van der Waals surface area contributed by atoms with Crippen LogP contribution in [0, 0.1) is 0 Å². The zero-order valence-electron chi connectivity index (χ0n) is 11.6. The maximum absolute atomic E-state index is 5.78. The second-order valence-corrected chi connectivity index (χ2v) is 4.94. The third kappa shape index (κ3) is 3.35. The average molecular weight is 266 g/mol. The van der Waals surface area contributed by atoms with E-state index >= 15 is 0 Å². The summed E-state index contributed by atoms with van der Waals surface area (Å²) in [7, 11) is 3.73. The molecule has 0 radical (unpaired) electrons. The monoisotopic (exact) mass is 266 g/mol. The normalized spacial score (nSPS) is 12.0. The minimum absolute atomic E-state index is 0.420. The molecule has 4 heteroatoms. The lowest BCUT2D eigenvalue weighted by molar-refractivity contribution is 0.414. The summed E-state index contributed by atoms with van der Waals surface area (Å²) in [5, 5.41) is 0. The lowest BCUT2D eigenvalue weighted by atomic mass is 10.1. The van der Waals surface area contributed by atoms with Crippen molar-refractivity contribution < 1.29 is 4.74 Å². The molecule has 0 bridgehead atoms. The minimum atomic E-state index is 0.420. The third-order valence-corrected chi connectivity index (χ3v) is 3.44. The summed E-state index contributed by atoms with van der Waals surface area (Å²) in [6, 6.07) is 6.23. The fourth-order valence-electron chi connectivity index (χ4n) is 1.99. The quantitative estimate of drug-likeness (QED) is 0.803. The highest BCUT2D eigenvalue weighted by Gasteiger charge is 2.15. The molecule has 18 heavy (non-hydrogen) atoms. The molecule has 2 N–H and O–H groups in total. The molecule has 0 saturated heterocycles. The number of nitrogens with zero attached hydrogens (tertiary/aromatic N) is 1. The van der Waals surface area contributed by atoms with Crippen molar-refractivity contribution in [3.05, 3.63) is 23.8 Å². The van der Waals surface area contributed by atoms with E-state index < -0.39 is 0 Å². The number of hydrogen-bond acceptors (Lipinski definition) is 3. The molecule has 100 valence electrons. The smallest absolute Gasteiger partial charge is 0.120 e. The Morgan fingerprint density at radius 1 is 1.50 bits per heavy atom. The highest BCUT2D eigenvalue weighted by molar-refractivity contribution is 7.80. The average Bonchev–Trinajstić information content (AvgIpc) is 2.37. The van der Waals surface area contributed by atoms with E-state index in [2.05, 4.69) is 25.8 Å². The molecule has 0 heterocycles. The Kier molecular flexibility index (Phi) is 5.41. The van der Waals surface area contributed by atoms with Crippen molar-refractivity contribution in [2.45, 2.75) is 32.7 Å². The summed E-state index contributed by atoms with van der Waals surface area (Å²) in [4.78, 5) is 2.63. The first-order valence-electron chi connectivity index (χ1n) is 6.21. The maximum atomic E-state index is 5.78. The highest BCUT2D eigenvalue weighted by atomic mass is 32.1. The number of hydrogen-bond donors (Lipinski definition) is 1. The molecule has 1 unspecified atom stereocenters. The van der Waals surface area contributed by atoms with Gasteiger partial charge in [0.2, 0.25) is 0 Å². The number of rotatable bonds is 6. The summed E-state index contributed by atoms with van der Waals surface area (Å²) in [6.45, 7) is 4.39. The summed E-state index contributed by atoms with van der Waals surface area (Å²) < 4.78 is 5.27. The van der Waals surface area contributed by atoms with Gasteiger partial charge < -0.3 is 15.4 Å². The van der Waals surface area contributed by atoms with E-state index in [0.29, 0.717) is 11.0 Å². The molecule has 0 aliphatic carbocycles. The van der Waals surface area contributed by atoms with Crippen molar-refractivity contribution in [3.63, 3.8) is 0 Å². The van der Waals surface area contributed by atoms with Gasteiger partial charge in [0.25, 0.3) is 0 Å². The van der Waals surface area contributed by atoms with Crippen LogP contribution in [0.3, 0.4) is 0 Å². The predicted octanol–water partition coefficient (Wildman–Crippen LogP) is 2.95. The summed E-state index contributed by atoms with van der Waals surface area (Å²) in [5.74, 6) is 0.820. The Balaban J connectivity index is 3.14. The molecular weight excluding hydrogens is 244 g/mol. The van der Waals surface area contributed by atoms with E-state index in [1.165, 1.54) is 0 Å². The van der Waals surface area contributed by atoms with E-state index in [9.17, 15) is 0 Å². The second kappa shape index (κ2) is 6.59. The molecule has 1 atom stereocenters. The van der Waals surface area contributed by atoms with Crippen LogP contribution in [-0.2, 0) is 0 Å². The maximum Gasteiger partial charge on any atom is 0.120 e. The second-order valence-electron chi connectivity index (χ2n) is 4.50. The molecule has 0 spiro atoms. The Morgan fingerprint density at radius 2 is 2.17 bits per heavy atom. The van der Waals surface area contributed by atoms with E-state index in [0.717, 1.165) is 29.8 Å². The van der Waals surface area contributed by atoms with Crippen LogP contribution in [0.1, 0.15) is 32.3 Å². The van der Waals surface area contributed by atoms with Gasteiger partial charge in [0.15, 0.2) is 0 Å². The standard InChI is InChI=1S/C14H22N2OS/c1-5-6-10(2)16(3)13-9-11(17-4)7-8-12(13)14(15)18/h7-10H,5-6H2,1-4H3,(H2,15,18). The molecule has 0 aliphatic rings. The Labute approximate surface area is 115 Å². The van der Waals surface area contributed by atoms with E-state index in [-0.39, 0.29) is 0 Å². The SMILES string of the molecule is CCCC(C)N(C)c1cc(OC)ccc1C(N)=S. The molecule has 1 rings (SSSR count). The first-order chi connectivity index (χ1) is 8.51. The first kappa shape index (κ1) is 14.8. The largest absolute Gasteiger partial charge is 0.497 e. The van der Waals surface area contributed by atoms with Crippen molar-refractivity contribution >= 4 is 22.9 Å². The summed E-state index contributed by atoms with van der Waals surface area (Å²) in [5.41, 5.74) is 7.71. The predicted molar refractivity (Wildman–Crippen MR) is 81.7 cm³/mol. The number of thiocarbonyl (C=S) groups is 1. The van der Waals surface area contributed by atoms with Gasteiger partial charge in [0.1, 0.15) is 10.7 Å². The molecule has 1 aromatic rings. The Bertz CT molecular complexity index is 420. The molecule has 3 nitrogen and oxygen atoms in total. The third-order valence-electron chi connectivity index (χ3n) is 3.22. The number of nitrogens with two attached hydrogens (primary N) is 1. The number of benzene rings is 1. The van der Waals surface area contributed by atoms with Crippen LogP contribution < -0.4 is 15.4 Å². The Morgan fingerprint density at radius 3 is 2.67 bits per heavy atom. The van der Waals surface area contributed by atoms with Crippen LogP contribution in [0.2, 0.25) is 0 Å². The highest BCUT2D eigenvalue weighted by Crippen LogP contribution is 2.27. The van der Waals surface area contributed by atoms with Crippen LogP contribution in [0.5, 0.6) is 5.75 Å². The fourth-order valence-corrected chi connectivity index (χ4v) is 2.16.